The van der Waals surface area contributed by atoms with E-state index in [9.17, 15) is 4.79 Å². The van der Waals surface area contributed by atoms with Crippen molar-refractivity contribution in [3.05, 3.63) is 42.4 Å². The van der Waals surface area contributed by atoms with Gasteiger partial charge in [-0.1, -0.05) is 82.7 Å². The van der Waals surface area contributed by atoms with Gasteiger partial charge in [0.05, 0.1) is 17.8 Å². The summed E-state index contributed by atoms with van der Waals surface area (Å²) in [5.74, 6) is 1.99. The molecule has 0 bridgehead atoms. The van der Waals surface area contributed by atoms with Crippen LogP contribution in [-0.2, 0) is 11.3 Å². The van der Waals surface area contributed by atoms with Gasteiger partial charge in [-0.05, 0) is 18.3 Å². The summed E-state index contributed by atoms with van der Waals surface area (Å²) < 4.78 is 2.27. The van der Waals surface area contributed by atoms with Crippen LogP contribution in [0.1, 0.15) is 70.7 Å². The maximum absolute atomic E-state index is 13.4. The molecule has 0 unspecified atom stereocenters. The van der Waals surface area contributed by atoms with E-state index in [1.807, 2.05) is 18.2 Å². The van der Waals surface area contributed by atoms with Gasteiger partial charge in [-0.3, -0.25) is 4.79 Å². The van der Waals surface area contributed by atoms with E-state index in [1.54, 1.807) is 0 Å². The SMILES string of the molecule is CC[C@@H](C)[C@H](N)C(=O)N1CCn2cc(-c3ccccc3)nc2[C@@H]1CC1CCCCC1. The lowest BCUT2D eigenvalue weighted by molar-refractivity contribution is -0.138. The molecular weight excluding hydrogens is 372 g/mol. The van der Waals surface area contributed by atoms with Crippen molar-refractivity contribution in [1.82, 2.24) is 14.5 Å². The molecule has 1 amide bonds. The van der Waals surface area contributed by atoms with Gasteiger partial charge in [0.25, 0.3) is 0 Å². The van der Waals surface area contributed by atoms with E-state index in [4.69, 9.17) is 10.7 Å². The third kappa shape index (κ3) is 4.31. The summed E-state index contributed by atoms with van der Waals surface area (Å²) in [5, 5.41) is 0. The zero-order chi connectivity index (χ0) is 21.1. The van der Waals surface area contributed by atoms with Crippen molar-refractivity contribution >= 4 is 5.91 Å². The first-order valence-corrected chi connectivity index (χ1v) is 11.8. The Morgan fingerprint density at radius 3 is 2.60 bits per heavy atom. The maximum Gasteiger partial charge on any atom is 0.240 e. The molecule has 2 heterocycles. The van der Waals surface area contributed by atoms with Gasteiger partial charge in [0.1, 0.15) is 5.82 Å². The number of carbonyl (C=O) groups excluding carboxylic acids is 1. The number of carbonyl (C=O) groups is 1. The Bertz CT molecular complexity index is 840. The monoisotopic (exact) mass is 408 g/mol. The lowest BCUT2D eigenvalue weighted by Crippen LogP contribution is -2.51. The standard InChI is InChI=1S/C25H36N4O/c1-3-18(2)23(26)25(30)29-15-14-28-17-21(20-12-8-5-9-13-20)27-24(28)22(29)16-19-10-6-4-7-11-19/h5,8-9,12-13,17-19,22-23H,3-4,6-7,10-11,14-16,26H2,1-2H3/t18-,22+,23+/m1/s1. The fraction of sp³-hybridized carbons (Fsp3) is 0.600. The lowest BCUT2D eigenvalue weighted by Gasteiger charge is -2.40. The fourth-order valence-corrected chi connectivity index (χ4v) is 5.06. The van der Waals surface area contributed by atoms with Gasteiger partial charge >= 0.3 is 0 Å². The average Bonchev–Trinajstić information content (AvgIpc) is 3.24. The van der Waals surface area contributed by atoms with Crippen LogP contribution in [0.5, 0.6) is 0 Å². The predicted octanol–water partition coefficient (Wildman–Crippen LogP) is 4.78. The number of aromatic nitrogens is 2. The number of nitrogens with two attached hydrogens (primary N) is 1. The molecule has 2 aliphatic rings. The molecule has 1 aromatic heterocycles. The first-order valence-electron chi connectivity index (χ1n) is 11.8. The molecule has 2 N–H and O–H groups in total. The van der Waals surface area contributed by atoms with Gasteiger partial charge in [-0.2, -0.15) is 0 Å². The Morgan fingerprint density at radius 1 is 1.17 bits per heavy atom. The van der Waals surface area contributed by atoms with Gasteiger partial charge in [0.15, 0.2) is 0 Å². The average molecular weight is 409 g/mol. The van der Waals surface area contributed by atoms with Crippen molar-refractivity contribution in [2.45, 2.75) is 77.4 Å². The first kappa shape index (κ1) is 21.1. The smallest absolute Gasteiger partial charge is 0.240 e. The molecule has 1 fully saturated rings. The Morgan fingerprint density at radius 2 is 1.90 bits per heavy atom. The maximum atomic E-state index is 13.4. The second kappa shape index (κ2) is 9.34. The van der Waals surface area contributed by atoms with Crippen LogP contribution in [0.25, 0.3) is 11.3 Å². The van der Waals surface area contributed by atoms with Gasteiger partial charge in [-0.15, -0.1) is 0 Å². The Balaban J connectivity index is 1.65. The van der Waals surface area contributed by atoms with Gasteiger partial charge in [0, 0.05) is 24.8 Å². The molecule has 1 saturated carbocycles. The van der Waals surface area contributed by atoms with Crippen LogP contribution in [0.4, 0.5) is 0 Å². The van der Waals surface area contributed by atoms with Gasteiger partial charge < -0.3 is 15.2 Å². The molecule has 1 aromatic carbocycles. The van der Waals surface area contributed by atoms with Crippen LogP contribution in [-0.4, -0.2) is 32.9 Å². The number of benzene rings is 1. The summed E-state index contributed by atoms with van der Waals surface area (Å²) in [6.07, 6.45) is 10.6. The summed E-state index contributed by atoms with van der Waals surface area (Å²) >= 11 is 0. The number of hydrogen-bond donors (Lipinski definition) is 1. The molecule has 2 aromatic rings. The first-order chi connectivity index (χ1) is 14.6. The summed E-state index contributed by atoms with van der Waals surface area (Å²) in [4.78, 5) is 20.5. The van der Waals surface area contributed by atoms with E-state index in [0.717, 1.165) is 43.0 Å². The van der Waals surface area contributed by atoms with Crippen molar-refractivity contribution in [3.63, 3.8) is 0 Å². The molecule has 30 heavy (non-hydrogen) atoms. The van der Waals surface area contributed by atoms with Gasteiger partial charge in [0.2, 0.25) is 5.91 Å². The minimum Gasteiger partial charge on any atom is -0.331 e. The van der Waals surface area contributed by atoms with Crippen LogP contribution in [0, 0.1) is 11.8 Å². The van der Waals surface area contributed by atoms with Crippen molar-refractivity contribution in [2.75, 3.05) is 6.54 Å². The Hall–Kier alpha value is -2.14. The van der Waals surface area contributed by atoms with Crippen LogP contribution in [0.2, 0.25) is 0 Å². The largest absolute Gasteiger partial charge is 0.331 e. The number of fused-ring (bicyclic) bond motifs is 1. The van der Waals surface area contributed by atoms with Crippen molar-refractivity contribution in [3.8, 4) is 11.3 Å². The van der Waals surface area contributed by atoms with E-state index in [1.165, 1.54) is 32.1 Å². The highest BCUT2D eigenvalue weighted by Gasteiger charge is 2.37. The number of amides is 1. The zero-order valence-corrected chi connectivity index (χ0v) is 18.5. The molecule has 0 spiro atoms. The normalized spacial score (nSPS) is 21.8. The quantitative estimate of drug-likeness (QED) is 0.748. The van der Waals surface area contributed by atoms with Crippen LogP contribution >= 0.6 is 0 Å². The third-order valence-electron chi connectivity index (χ3n) is 7.24. The number of nitrogens with zero attached hydrogens (tertiary/aromatic N) is 3. The second-order valence-corrected chi connectivity index (χ2v) is 9.24. The van der Waals surface area contributed by atoms with E-state index in [-0.39, 0.29) is 17.9 Å². The highest BCUT2D eigenvalue weighted by molar-refractivity contribution is 5.82. The van der Waals surface area contributed by atoms with Crippen LogP contribution < -0.4 is 5.73 Å². The summed E-state index contributed by atoms with van der Waals surface area (Å²) in [5.41, 5.74) is 8.52. The highest BCUT2D eigenvalue weighted by Crippen LogP contribution is 2.38. The number of hydrogen-bond acceptors (Lipinski definition) is 3. The molecule has 5 nitrogen and oxygen atoms in total. The van der Waals surface area contributed by atoms with Crippen LogP contribution in [0.15, 0.2) is 36.5 Å². The van der Waals surface area contributed by atoms with E-state index in [0.29, 0.717) is 5.92 Å². The summed E-state index contributed by atoms with van der Waals surface area (Å²) in [6, 6.07) is 9.93. The number of imidazole rings is 1. The predicted molar refractivity (Wildman–Crippen MR) is 121 cm³/mol. The van der Waals surface area contributed by atoms with E-state index in [2.05, 4.69) is 41.6 Å². The van der Waals surface area contributed by atoms with Gasteiger partial charge in [-0.25, -0.2) is 4.98 Å². The molecule has 162 valence electrons. The molecular formula is C25H36N4O. The number of rotatable bonds is 6. The van der Waals surface area contributed by atoms with Crippen LogP contribution in [0.3, 0.4) is 0 Å². The second-order valence-electron chi connectivity index (χ2n) is 9.24. The van der Waals surface area contributed by atoms with Crippen molar-refractivity contribution < 1.29 is 4.79 Å². The summed E-state index contributed by atoms with van der Waals surface area (Å²) in [7, 11) is 0. The zero-order valence-electron chi connectivity index (χ0n) is 18.5. The fourth-order valence-electron chi connectivity index (χ4n) is 5.06. The van der Waals surface area contributed by atoms with Crippen molar-refractivity contribution in [1.29, 1.82) is 0 Å². The van der Waals surface area contributed by atoms with E-state index >= 15 is 0 Å². The Labute approximate surface area is 180 Å². The highest BCUT2D eigenvalue weighted by atomic mass is 16.2. The van der Waals surface area contributed by atoms with Crippen molar-refractivity contribution in [2.24, 2.45) is 17.6 Å². The molecule has 5 heteroatoms. The lowest BCUT2D eigenvalue weighted by atomic mass is 9.83. The minimum atomic E-state index is -0.432. The third-order valence-corrected chi connectivity index (χ3v) is 7.24. The van der Waals surface area contributed by atoms with E-state index < -0.39 is 6.04 Å². The summed E-state index contributed by atoms with van der Waals surface area (Å²) in [6.45, 7) is 5.69. The molecule has 3 atom stereocenters. The molecule has 1 aliphatic carbocycles. The molecule has 4 rings (SSSR count). The topological polar surface area (TPSA) is 64.2 Å². The molecule has 0 saturated heterocycles. The Kier molecular flexibility index (Phi) is 6.57. The minimum absolute atomic E-state index is 0.0296. The molecule has 1 aliphatic heterocycles. The molecule has 0 radical (unpaired) electrons.